The zero-order valence-corrected chi connectivity index (χ0v) is 27.6. The molecule has 3 saturated carbocycles. The summed E-state index contributed by atoms with van der Waals surface area (Å²) >= 11 is 0. The van der Waals surface area contributed by atoms with Gasteiger partial charge in [0.15, 0.2) is 8.32 Å². The molecule has 38 heavy (non-hydrogen) atoms. The van der Waals surface area contributed by atoms with E-state index in [1.54, 1.807) is 5.57 Å². The Balaban J connectivity index is 1.40. The molecule has 0 saturated heterocycles. The maximum atomic E-state index is 11.3. The highest BCUT2D eigenvalue weighted by Gasteiger charge is 2.59. The van der Waals surface area contributed by atoms with E-state index in [-0.39, 0.29) is 17.1 Å². The third-order valence-corrected chi connectivity index (χ3v) is 17.3. The highest BCUT2D eigenvalue weighted by molar-refractivity contribution is 6.74. The van der Waals surface area contributed by atoms with Crippen LogP contribution >= 0.6 is 0 Å². The molecule has 0 radical (unpaired) electrons. The van der Waals surface area contributed by atoms with Gasteiger partial charge in [-0.3, -0.25) is 4.79 Å². The fourth-order valence-electron chi connectivity index (χ4n) is 9.57. The molecule has 9 atom stereocenters. The lowest BCUT2D eigenvalue weighted by Gasteiger charge is -2.59. The second-order valence-electron chi connectivity index (χ2n) is 16.1. The third kappa shape index (κ3) is 5.74. The zero-order valence-electron chi connectivity index (χ0n) is 26.6. The molecule has 0 N–H and O–H groups in total. The van der Waals surface area contributed by atoms with Gasteiger partial charge in [-0.1, -0.05) is 59.6 Å². The number of fused-ring (bicyclic) bond motifs is 5. The van der Waals surface area contributed by atoms with E-state index in [0.717, 1.165) is 36.0 Å². The Morgan fingerprint density at radius 3 is 2.42 bits per heavy atom. The van der Waals surface area contributed by atoms with Crippen LogP contribution in [-0.4, -0.2) is 26.5 Å². The summed E-state index contributed by atoms with van der Waals surface area (Å²) in [6, 6.07) is 0. The van der Waals surface area contributed by atoms with Gasteiger partial charge < -0.3 is 9.16 Å². The van der Waals surface area contributed by atoms with E-state index >= 15 is 0 Å². The van der Waals surface area contributed by atoms with E-state index < -0.39 is 8.32 Å². The molecule has 4 rings (SSSR count). The van der Waals surface area contributed by atoms with Crippen LogP contribution in [0.2, 0.25) is 18.1 Å². The molecule has 0 aromatic heterocycles. The average molecular weight is 545 g/mol. The van der Waals surface area contributed by atoms with Crippen LogP contribution in [0.15, 0.2) is 11.6 Å². The van der Waals surface area contributed by atoms with Gasteiger partial charge in [0, 0.05) is 13.0 Å². The maximum Gasteiger partial charge on any atom is 0.302 e. The second kappa shape index (κ2) is 11.0. The van der Waals surface area contributed by atoms with Crippen LogP contribution in [-0.2, 0) is 14.0 Å². The molecule has 0 spiro atoms. The molecule has 4 aliphatic carbocycles. The van der Waals surface area contributed by atoms with Crippen molar-refractivity contribution < 1.29 is 14.0 Å². The molecule has 0 heterocycles. The van der Waals surface area contributed by atoms with Crippen molar-refractivity contribution in [1.82, 2.24) is 0 Å². The summed E-state index contributed by atoms with van der Waals surface area (Å²) in [4.78, 5) is 11.3. The van der Waals surface area contributed by atoms with Crippen molar-refractivity contribution in [2.24, 2.45) is 40.4 Å². The molecule has 0 aliphatic heterocycles. The van der Waals surface area contributed by atoms with Crippen LogP contribution < -0.4 is 0 Å². The number of ether oxygens (including phenoxy) is 1. The Bertz CT molecular complexity index is 887. The minimum absolute atomic E-state index is 0.0494. The Morgan fingerprint density at radius 1 is 1.05 bits per heavy atom. The van der Waals surface area contributed by atoms with Gasteiger partial charge in [0.2, 0.25) is 0 Å². The lowest BCUT2D eigenvalue weighted by molar-refractivity contribution is -0.145. The lowest BCUT2D eigenvalue weighted by atomic mass is 9.47. The summed E-state index contributed by atoms with van der Waals surface area (Å²) in [6.45, 7) is 23.4. The summed E-state index contributed by atoms with van der Waals surface area (Å²) in [6.07, 6.45) is 17.4. The summed E-state index contributed by atoms with van der Waals surface area (Å²) in [5, 5.41) is 0.282. The molecule has 0 bridgehead atoms. The van der Waals surface area contributed by atoms with E-state index in [1.807, 2.05) is 6.92 Å². The number of carbonyl (C=O) groups is 1. The first kappa shape index (κ1) is 30.3. The summed E-state index contributed by atoms with van der Waals surface area (Å²) in [5.41, 5.74) is 2.66. The summed E-state index contributed by atoms with van der Waals surface area (Å²) in [5.74, 6) is 4.10. The number of allylic oxidation sites excluding steroid dienone is 1. The number of hydrogen-bond acceptors (Lipinski definition) is 3. The van der Waals surface area contributed by atoms with Crippen LogP contribution in [0.5, 0.6) is 0 Å². The van der Waals surface area contributed by atoms with Crippen molar-refractivity contribution in [2.45, 2.75) is 156 Å². The molecule has 4 aliphatic rings. The fourth-order valence-corrected chi connectivity index (χ4v) is 11.0. The standard InChI is InChI=1S/C34H60O3Si/c1-23(12-11-13-24(2)36-25(3)35)29-16-17-30-28-15-14-26-22-27(37-38(9,10)32(4,5)6)18-20-33(26,7)31(28)19-21-34(29,30)8/h14,23-24,27-31H,11-13,15-22H2,1-10H3/t23-,24-,27?,28+,29-,30+,31+,33+,34-/m1/s1. The molecule has 4 heteroatoms. The van der Waals surface area contributed by atoms with E-state index in [0.29, 0.717) is 16.9 Å². The molecule has 0 amide bonds. The van der Waals surface area contributed by atoms with Gasteiger partial charge in [0.1, 0.15) is 0 Å². The van der Waals surface area contributed by atoms with Crippen LogP contribution in [0.25, 0.3) is 0 Å². The van der Waals surface area contributed by atoms with E-state index in [9.17, 15) is 4.79 Å². The van der Waals surface area contributed by atoms with E-state index in [4.69, 9.17) is 9.16 Å². The minimum atomic E-state index is -1.73. The molecule has 1 unspecified atom stereocenters. The van der Waals surface area contributed by atoms with Crippen molar-refractivity contribution in [2.75, 3.05) is 0 Å². The zero-order chi connectivity index (χ0) is 28.1. The first-order valence-corrected chi connectivity index (χ1v) is 19.0. The SMILES string of the molecule is CC(=O)O[C@H](C)CCC[C@@H](C)[C@H]1CC[C@H]2[C@@H]3CC=C4CC(O[Si](C)(C)C(C)(C)C)CC[C@]4(C)[C@H]3CC[C@]12C. The Morgan fingerprint density at radius 2 is 1.76 bits per heavy atom. The normalized spacial score (nSPS) is 38.9. The predicted octanol–water partition coefficient (Wildman–Crippen LogP) is 9.71. The number of esters is 1. The number of hydrogen-bond donors (Lipinski definition) is 0. The van der Waals surface area contributed by atoms with Crippen molar-refractivity contribution in [3.05, 3.63) is 11.6 Å². The van der Waals surface area contributed by atoms with Gasteiger partial charge >= 0.3 is 5.97 Å². The topological polar surface area (TPSA) is 35.5 Å². The number of carbonyl (C=O) groups excluding carboxylic acids is 1. The average Bonchev–Trinajstić information content (AvgIpc) is 3.15. The Labute approximate surface area is 236 Å². The van der Waals surface area contributed by atoms with Gasteiger partial charge in [-0.2, -0.15) is 0 Å². The maximum absolute atomic E-state index is 11.3. The molecule has 3 nitrogen and oxygen atoms in total. The van der Waals surface area contributed by atoms with E-state index in [2.05, 4.69) is 60.7 Å². The fraction of sp³-hybridized carbons (Fsp3) is 0.912. The molecule has 218 valence electrons. The summed E-state index contributed by atoms with van der Waals surface area (Å²) < 4.78 is 12.3. The Kier molecular flexibility index (Phi) is 8.78. The third-order valence-electron chi connectivity index (χ3n) is 12.7. The molecule has 3 fully saturated rings. The monoisotopic (exact) mass is 544 g/mol. The van der Waals surface area contributed by atoms with Crippen LogP contribution in [0, 0.1) is 40.4 Å². The van der Waals surface area contributed by atoms with Gasteiger partial charge in [-0.25, -0.2) is 0 Å². The van der Waals surface area contributed by atoms with Crippen molar-refractivity contribution in [3.63, 3.8) is 0 Å². The van der Waals surface area contributed by atoms with Crippen molar-refractivity contribution in [1.29, 1.82) is 0 Å². The van der Waals surface area contributed by atoms with E-state index in [1.165, 1.54) is 71.1 Å². The van der Waals surface area contributed by atoms with Crippen LogP contribution in [0.3, 0.4) is 0 Å². The highest BCUT2D eigenvalue weighted by Crippen LogP contribution is 2.67. The van der Waals surface area contributed by atoms with Crippen LogP contribution in [0.1, 0.15) is 126 Å². The smallest absolute Gasteiger partial charge is 0.302 e. The minimum Gasteiger partial charge on any atom is -0.463 e. The van der Waals surface area contributed by atoms with Crippen LogP contribution in [0.4, 0.5) is 0 Å². The Hall–Kier alpha value is -0.613. The highest BCUT2D eigenvalue weighted by atomic mass is 28.4. The van der Waals surface area contributed by atoms with Gasteiger partial charge in [-0.05, 0) is 130 Å². The summed E-state index contributed by atoms with van der Waals surface area (Å²) in [7, 11) is -1.73. The van der Waals surface area contributed by atoms with Gasteiger partial charge in [0.25, 0.3) is 0 Å². The van der Waals surface area contributed by atoms with Crippen molar-refractivity contribution in [3.8, 4) is 0 Å². The lowest BCUT2D eigenvalue weighted by Crippen LogP contribution is -2.52. The molecular weight excluding hydrogens is 484 g/mol. The first-order chi connectivity index (χ1) is 17.6. The first-order valence-electron chi connectivity index (χ1n) is 16.1. The largest absolute Gasteiger partial charge is 0.463 e. The predicted molar refractivity (Wildman–Crippen MR) is 162 cm³/mol. The van der Waals surface area contributed by atoms with Crippen molar-refractivity contribution >= 4 is 14.3 Å². The quantitative estimate of drug-likeness (QED) is 0.173. The molecule has 0 aromatic rings. The number of rotatable bonds is 8. The van der Waals surface area contributed by atoms with Gasteiger partial charge in [-0.15, -0.1) is 0 Å². The second-order valence-corrected chi connectivity index (χ2v) is 20.8. The molecule has 0 aromatic carbocycles. The molecular formula is C34H60O3Si. The van der Waals surface area contributed by atoms with Gasteiger partial charge in [0.05, 0.1) is 6.10 Å².